The minimum atomic E-state index is 0.508. The Bertz CT molecular complexity index is 291. The third kappa shape index (κ3) is 0.905. The molecule has 3 rings (SSSR count). The zero-order valence-electron chi connectivity index (χ0n) is 8.01. The molecule has 0 aliphatic heterocycles. The molecule has 3 unspecified atom stereocenters. The number of allylic oxidation sites excluding steroid dienone is 1. The highest BCUT2D eigenvalue weighted by Gasteiger charge is 2.55. The zero-order valence-corrected chi connectivity index (χ0v) is 8.01. The van der Waals surface area contributed by atoms with Crippen LogP contribution < -0.4 is 0 Å². The first-order chi connectivity index (χ1) is 6.20. The number of fused-ring (bicyclic) bond motifs is 1. The number of rotatable bonds is 0. The van der Waals surface area contributed by atoms with Crippen LogP contribution in [0.15, 0.2) is 12.2 Å². The van der Waals surface area contributed by atoms with Crippen LogP contribution in [0, 0.1) is 17.3 Å². The van der Waals surface area contributed by atoms with Gasteiger partial charge in [0.15, 0.2) is 0 Å². The second kappa shape index (κ2) is 2.26. The Labute approximate surface area is 79.2 Å². The van der Waals surface area contributed by atoms with Crippen molar-refractivity contribution in [3.8, 4) is 0 Å². The fourth-order valence-corrected chi connectivity index (χ4v) is 3.92. The van der Waals surface area contributed by atoms with Crippen LogP contribution in [-0.4, -0.2) is 5.78 Å². The summed E-state index contributed by atoms with van der Waals surface area (Å²) >= 11 is 0. The highest BCUT2D eigenvalue weighted by molar-refractivity contribution is 5.80. The van der Waals surface area contributed by atoms with Gasteiger partial charge in [-0.05, 0) is 42.9 Å². The van der Waals surface area contributed by atoms with E-state index in [0.29, 0.717) is 11.2 Å². The van der Waals surface area contributed by atoms with Crippen LogP contribution in [0.5, 0.6) is 0 Å². The zero-order chi connectivity index (χ0) is 9.05. The fraction of sp³-hybridized carbons (Fsp3) is 0.750. The van der Waals surface area contributed by atoms with Crippen LogP contribution >= 0.6 is 0 Å². The summed E-state index contributed by atoms with van der Waals surface area (Å²) in [6.07, 6.45) is 6.73. The lowest BCUT2D eigenvalue weighted by Gasteiger charge is -2.38. The van der Waals surface area contributed by atoms with E-state index in [1.54, 1.807) is 0 Å². The van der Waals surface area contributed by atoms with Crippen molar-refractivity contribution in [2.24, 2.45) is 17.3 Å². The van der Waals surface area contributed by atoms with E-state index < -0.39 is 0 Å². The van der Waals surface area contributed by atoms with E-state index in [2.05, 4.69) is 6.58 Å². The van der Waals surface area contributed by atoms with E-state index in [0.717, 1.165) is 31.1 Å². The molecule has 2 bridgehead atoms. The van der Waals surface area contributed by atoms with E-state index in [4.69, 9.17) is 0 Å². The maximum absolute atomic E-state index is 11.3. The molecule has 0 N–H and O–H groups in total. The van der Waals surface area contributed by atoms with Crippen LogP contribution in [0.3, 0.4) is 0 Å². The number of carbonyl (C=O) groups excluding carboxylic acids is 1. The van der Waals surface area contributed by atoms with Crippen LogP contribution in [0.4, 0.5) is 0 Å². The molecular weight excluding hydrogens is 160 g/mol. The van der Waals surface area contributed by atoms with Crippen molar-refractivity contribution in [1.29, 1.82) is 0 Å². The summed E-state index contributed by atoms with van der Waals surface area (Å²) in [5, 5.41) is 0. The van der Waals surface area contributed by atoms with E-state index in [1.807, 2.05) is 0 Å². The van der Waals surface area contributed by atoms with Crippen molar-refractivity contribution < 1.29 is 4.79 Å². The van der Waals surface area contributed by atoms with Crippen molar-refractivity contribution >= 4 is 5.78 Å². The summed E-state index contributed by atoms with van der Waals surface area (Å²) in [4.78, 5) is 11.3. The Morgan fingerprint density at radius 3 is 3.08 bits per heavy atom. The molecule has 0 saturated heterocycles. The Morgan fingerprint density at radius 1 is 1.46 bits per heavy atom. The molecule has 0 aromatic carbocycles. The lowest BCUT2D eigenvalue weighted by atomic mass is 9.65. The van der Waals surface area contributed by atoms with Crippen LogP contribution in [-0.2, 0) is 4.79 Å². The van der Waals surface area contributed by atoms with Gasteiger partial charge in [-0.2, -0.15) is 0 Å². The molecule has 1 heteroatoms. The van der Waals surface area contributed by atoms with Gasteiger partial charge >= 0.3 is 0 Å². The number of hydrogen-bond donors (Lipinski definition) is 0. The SMILES string of the molecule is C=C1CC23CCC(=O)CC2CC1C3. The van der Waals surface area contributed by atoms with Gasteiger partial charge in [0.25, 0.3) is 0 Å². The highest BCUT2D eigenvalue weighted by atomic mass is 16.1. The standard InChI is InChI=1S/C12H16O/c1-8-6-12-3-2-11(13)5-10(12)4-9(8)7-12/h9-10H,1-7H2. The summed E-state index contributed by atoms with van der Waals surface area (Å²) in [6, 6.07) is 0. The van der Waals surface area contributed by atoms with Crippen molar-refractivity contribution in [2.75, 3.05) is 0 Å². The van der Waals surface area contributed by atoms with E-state index in [1.165, 1.54) is 24.8 Å². The third-order valence-electron chi connectivity index (χ3n) is 4.62. The molecule has 0 radical (unpaired) electrons. The first kappa shape index (κ1) is 7.78. The topological polar surface area (TPSA) is 17.1 Å². The third-order valence-corrected chi connectivity index (χ3v) is 4.62. The summed E-state index contributed by atoms with van der Waals surface area (Å²) in [7, 11) is 0. The lowest BCUT2D eigenvalue weighted by molar-refractivity contribution is -0.124. The lowest BCUT2D eigenvalue weighted by Crippen LogP contribution is -2.32. The molecule has 0 amide bonds. The van der Waals surface area contributed by atoms with Crippen molar-refractivity contribution in [1.82, 2.24) is 0 Å². The maximum Gasteiger partial charge on any atom is 0.133 e. The molecule has 0 aromatic rings. The van der Waals surface area contributed by atoms with Crippen LogP contribution in [0.25, 0.3) is 0 Å². The molecule has 70 valence electrons. The van der Waals surface area contributed by atoms with Crippen LogP contribution in [0.2, 0.25) is 0 Å². The summed E-state index contributed by atoms with van der Waals surface area (Å²) in [5.74, 6) is 2.01. The number of hydrogen-bond acceptors (Lipinski definition) is 1. The molecule has 1 spiro atoms. The maximum atomic E-state index is 11.3. The quantitative estimate of drug-likeness (QED) is 0.519. The van der Waals surface area contributed by atoms with Crippen LogP contribution in [0.1, 0.15) is 38.5 Å². The Hall–Kier alpha value is -0.590. The van der Waals surface area contributed by atoms with Gasteiger partial charge in [0.2, 0.25) is 0 Å². The normalized spacial score (nSPS) is 48.3. The van der Waals surface area contributed by atoms with E-state index in [9.17, 15) is 4.79 Å². The van der Waals surface area contributed by atoms with E-state index >= 15 is 0 Å². The first-order valence-electron chi connectivity index (χ1n) is 5.39. The second-order valence-corrected chi connectivity index (χ2v) is 5.27. The van der Waals surface area contributed by atoms with Crippen molar-refractivity contribution in [2.45, 2.75) is 38.5 Å². The number of Topliss-reactive ketones (excluding diaryl/α,β-unsaturated/α-hetero) is 1. The number of carbonyl (C=O) groups is 1. The predicted octanol–water partition coefficient (Wildman–Crippen LogP) is 2.71. The second-order valence-electron chi connectivity index (χ2n) is 5.27. The molecule has 3 saturated carbocycles. The summed E-state index contributed by atoms with van der Waals surface area (Å²) in [5.41, 5.74) is 2.01. The Morgan fingerprint density at radius 2 is 2.31 bits per heavy atom. The van der Waals surface area contributed by atoms with Crippen molar-refractivity contribution in [3.05, 3.63) is 12.2 Å². The molecule has 1 nitrogen and oxygen atoms in total. The van der Waals surface area contributed by atoms with Gasteiger partial charge in [0.1, 0.15) is 5.78 Å². The Kier molecular flexibility index (Phi) is 1.35. The van der Waals surface area contributed by atoms with Gasteiger partial charge in [-0.1, -0.05) is 12.2 Å². The predicted molar refractivity (Wildman–Crippen MR) is 51.3 cm³/mol. The molecule has 3 aliphatic carbocycles. The van der Waals surface area contributed by atoms with Gasteiger partial charge in [-0.25, -0.2) is 0 Å². The Balaban J connectivity index is 1.93. The average molecular weight is 176 g/mol. The monoisotopic (exact) mass is 176 g/mol. The fourth-order valence-electron chi connectivity index (χ4n) is 3.92. The molecule has 3 aliphatic rings. The summed E-state index contributed by atoms with van der Waals surface area (Å²) < 4.78 is 0. The van der Waals surface area contributed by atoms with Gasteiger partial charge in [-0.3, -0.25) is 4.79 Å². The minimum Gasteiger partial charge on any atom is -0.300 e. The highest BCUT2D eigenvalue weighted by Crippen LogP contribution is 2.64. The molecule has 3 fully saturated rings. The molecule has 0 heterocycles. The van der Waals surface area contributed by atoms with Crippen molar-refractivity contribution in [3.63, 3.8) is 0 Å². The summed E-state index contributed by atoms with van der Waals surface area (Å²) in [6.45, 7) is 4.16. The van der Waals surface area contributed by atoms with Gasteiger partial charge in [0, 0.05) is 12.8 Å². The van der Waals surface area contributed by atoms with Gasteiger partial charge in [-0.15, -0.1) is 0 Å². The number of ketones is 1. The van der Waals surface area contributed by atoms with E-state index in [-0.39, 0.29) is 0 Å². The smallest absolute Gasteiger partial charge is 0.133 e. The van der Waals surface area contributed by atoms with Gasteiger partial charge < -0.3 is 0 Å². The van der Waals surface area contributed by atoms with Gasteiger partial charge in [0.05, 0.1) is 0 Å². The minimum absolute atomic E-state index is 0.508. The molecule has 0 aromatic heterocycles. The average Bonchev–Trinajstić information content (AvgIpc) is 2.56. The molecular formula is C12H16O. The molecule has 13 heavy (non-hydrogen) atoms. The largest absolute Gasteiger partial charge is 0.300 e. The first-order valence-corrected chi connectivity index (χ1v) is 5.39. The molecule has 3 atom stereocenters.